The topological polar surface area (TPSA) is 38.9 Å². The van der Waals surface area contributed by atoms with Gasteiger partial charge in [0.05, 0.1) is 10.0 Å². The van der Waals surface area contributed by atoms with Gasteiger partial charge in [0.2, 0.25) is 0 Å². The third kappa shape index (κ3) is 4.80. The van der Waals surface area contributed by atoms with Gasteiger partial charge in [-0.1, -0.05) is 48.7 Å². The van der Waals surface area contributed by atoms with Crippen molar-refractivity contribution < 1.29 is 0 Å². The molecule has 1 atom stereocenters. The molecule has 0 fully saturated rings. The van der Waals surface area contributed by atoms with Gasteiger partial charge >= 0.3 is 0 Å². The van der Waals surface area contributed by atoms with Crippen LogP contribution < -0.4 is 5.73 Å². The fraction of sp³-hybridized carbons (Fsp3) is 0.545. The van der Waals surface area contributed by atoms with Gasteiger partial charge in [-0.25, -0.2) is 4.98 Å². The van der Waals surface area contributed by atoms with Crippen molar-refractivity contribution in [2.24, 2.45) is 11.7 Å². The van der Waals surface area contributed by atoms with Crippen molar-refractivity contribution in [3.8, 4) is 0 Å². The van der Waals surface area contributed by atoms with Crippen molar-refractivity contribution in [2.45, 2.75) is 32.7 Å². The smallest absolute Gasteiger partial charge is 0.148 e. The second kappa shape index (κ2) is 7.65. The summed E-state index contributed by atoms with van der Waals surface area (Å²) in [7, 11) is 0. The molecule has 0 amide bonds. The minimum Gasteiger partial charge on any atom is -0.324 e. The molecule has 6 heteroatoms. The van der Waals surface area contributed by atoms with E-state index in [0.29, 0.717) is 21.5 Å². The predicted molar refractivity (Wildman–Crippen MR) is 77.5 cm³/mol. The Bertz CT molecular complexity index is 369. The third-order valence-corrected chi connectivity index (χ3v) is 3.46. The van der Waals surface area contributed by atoms with Gasteiger partial charge in [0.15, 0.2) is 0 Å². The van der Waals surface area contributed by atoms with Crippen LogP contribution in [-0.4, -0.2) is 4.98 Å². The number of pyridine rings is 1. The lowest BCUT2D eigenvalue weighted by Crippen LogP contribution is -2.13. The molecule has 1 aromatic heterocycles. The molecule has 98 valence electrons. The maximum Gasteiger partial charge on any atom is 0.148 e. The summed E-state index contributed by atoms with van der Waals surface area (Å²) in [6, 6.07) is -0.192. The molecular weight excluding hydrogens is 302 g/mol. The minimum absolute atomic E-state index is 0. The first-order valence-electron chi connectivity index (χ1n) is 5.18. The van der Waals surface area contributed by atoms with E-state index in [9.17, 15) is 0 Å². The van der Waals surface area contributed by atoms with E-state index >= 15 is 0 Å². The summed E-state index contributed by atoms with van der Waals surface area (Å²) < 4.78 is 0. The van der Waals surface area contributed by atoms with Crippen LogP contribution in [0.15, 0.2) is 6.20 Å². The van der Waals surface area contributed by atoms with E-state index in [-0.39, 0.29) is 23.6 Å². The first-order valence-corrected chi connectivity index (χ1v) is 6.31. The Balaban J connectivity index is 0.00000256. The van der Waals surface area contributed by atoms with Crippen LogP contribution in [0.1, 0.15) is 38.3 Å². The van der Waals surface area contributed by atoms with Crippen molar-refractivity contribution >= 4 is 47.2 Å². The van der Waals surface area contributed by atoms with E-state index < -0.39 is 0 Å². The van der Waals surface area contributed by atoms with Crippen molar-refractivity contribution in [3.63, 3.8) is 0 Å². The van der Waals surface area contributed by atoms with Gasteiger partial charge in [0, 0.05) is 17.8 Å². The number of aromatic nitrogens is 1. The van der Waals surface area contributed by atoms with Gasteiger partial charge in [0.1, 0.15) is 5.15 Å². The van der Waals surface area contributed by atoms with E-state index in [1.165, 1.54) is 6.20 Å². The van der Waals surface area contributed by atoms with E-state index in [2.05, 4.69) is 18.8 Å². The fourth-order valence-electron chi connectivity index (χ4n) is 1.45. The molecule has 17 heavy (non-hydrogen) atoms. The highest BCUT2D eigenvalue weighted by atomic mass is 35.5. The van der Waals surface area contributed by atoms with Crippen LogP contribution in [0.25, 0.3) is 0 Å². The first-order chi connectivity index (χ1) is 7.43. The largest absolute Gasteiger partial charge is 0.324 e. The summed E-state index contributed by atoms with van der Waals surface area (Å²) in [6.07, 6.45) is 3.34. The maximum atomic E-state index is 6.06. The molecule has 0 saturated carbocycles. The summed E-state index contributed by atoms with van der Waals surface area (Å²) in [5.41, 5.74) is 6.76. The van der Waals surface area contributed by atoms with Gasteiger partial charge in [-0.15, -0.1) is 12.4 Å². The number of nitrogens with two attached hydrogens (primary N) is 1. The standard InChI is InChI=1S/C11H15Cl3N2.ClH/c1-6(2)3-4-8(15)9-7(12)5-16-11(14)10(9)13;/h5-6,8H,3-4,15H2,1-2H3;1H/t8-;/m0./s1. The van der Waals surface area contributed by atoms with Crippen LogP contribution >= 0.6 is 47.2 Å². The SMILES string of the molecule is CC(C)CC[C@H](N)c1c(Cl)cnc(Cl)c1Cl.Cl. The average Bonchev–Trinajstić information content (AvgIpc) is 2.21. The molecule has 1 aromatic rings. The van der Waals surface area contributed by atoms with Crippen molar-refractivity contribution in [2.75, 3.05) is 0 Å². The highest BCUT2D eigenvalue weighted by Gasteiger charge is 2.17. The number of hydrogen-bond donors (Lipinski definition) is 1. The molecule has 0 saturated heterocycles. The molecule has 0 unspecified atom stereocenters. The molecule has 1 heterocycles. The molecule has 0 aliphatic rings. The summed E-state index contributed by atoms with van der Waals surface area (Å²) in [6.45, 7) is 4.30. The van der Waals surface area contributed by atoms with E-state index in [4.69, 9.17) is 40.5 Å². The Kier molecular flexibility index (Phi) is 7.77. The number of rotatable bonds is 4. The van der Waals surface area contributed by atoms with Crippen LogP contribution in [-0.2, 0) is 0 Å². The molecule has 0 spiro atoms. The fourth-order valence-corrected chi connectivity index (χ4v) is 2.23. The quantitative estimate of drug-likeness (QED) is 0.802. The number of halogens is 4. The monoisotopic (exact) mass is 316 g/mol. The summed E-state index contributed by atoms with van der Waals surface area (Å²) in [4.78, 5) is 3.86. The lowest BCUT2D eigenvalue weighted by Gasteiger charge is -2.16. The molecule has 0 bridgehead atoms. The lowest BCUT2D eigenvalue weighted by molar-refractivity contribution is 0.507. The summed E-state index contributed by atoms with van der Waals surface area (Å²) in [5, 5.41) is 1.09. The summed E-state index contributed by atoms with van der Waals surface area (Å²) >= 11 is 17.9. The zero-order valence-electron chi connectivity index (χ0n) is 9.71. The van der Waals surface area contributed by atoms with E-state index in [0.717, 1.165) is 12.8 Å². The van der Waals surface area contributed by atoms with Crippen LogP contribution in [0.3, 0.4) is 0 Å². The Labute approximate surface area is 123 Å². The molecule has 0 aromatic carbocycles. The molecule has 0 aliphatic heterocycles. The Morgan fingerprint density at radius 1 is 1.24 bits per heavy atom. The van der Waals surface area contributed by atoms with Gasteiger partial charge in [-0.2, -0.15) is 0 Å². The van der Waals surface area contributed by atoms with Crippen LogP contribution in [0.4, 0.5) is 0 Å². The van der Waals surface area contributed by atoms with Crippen molar-refractivity contribution in [3.05, 3.63) is 27.0 Å². The van der Waals surface area contributed by atoms with Gasteiger partial charge in [-0.3, -0.25) is 0 Å². The maximum absolute atomic E-state index is 6.06. The molecule has 0 radical (unpaired) electrons. The van der Waals surface area contributed by atoms with Crippen LogP contribution in [0.2, 0.25) is 15.2 Å². The molecule has 2 N–H and O–H groups in total. The predicted octanol–water partition coefficient (Wildman–Crippen LogP) is 4.90. The highest BCUT2D eigenvalue weighted by Crippen LogP contribution is 2.35. The normalized spacial score (nSPS) is 12.4. The first kappa shape index (κ1) is 17.3. The summed E-state index contributed by atoms with van der Waals surface area (Å²) in [5.74, 6) is 0.598. The van der Waals surface area contributed by atoms with Crippen molar-refractivity contribution in [1.29, 1.82) is 0 Å². The zero-order chi connectivity index (χ0) is 12.3. The van der Waals surface area contributed by atoms with E-state index in [1.807, 2.05) is 0 Å². The van der Waals surface area contributed by atoms with Crippen LogP contribution in [0.5, 0.6) is 0 Å². The number of nitrogens with zero attached hydrogens (tertiary/aromatic N) is 1. The van der Waals surface area contributed by atoms with Gasteiger partial charge in [0.25, 0.3) is 0 Å². The molecule has 2 nitrogen and oxygen atoms in total. The van der Waals surface area contributed by atoms with Crippen molar-refractivity contribution in [1.82, 2.24) is 4.98 Å². The average molecular weight is 318 g/mol. The second-order valence-electron chi connectivity index (χ2n) is 4.20. The third-order valence-electron chi connectivity index (χ3n) is 2.39. The van der Waals surface area contributed by atoms with E-state index in [1.54, 1.807) is 0 Å². The number of hydrogen-bond acceptors (Lipinski definition) is 2. The highest BCUT2D eigenvalue weighted by molar-refractivity contribution is 6.43. The lowest BCUT2D eigenvalue weighted by atomic mass is 9.99. The molecular formula is C11H16Cl4N2. The Hall–Kier alpha value is 0.270. The Morgan fingerprint density at radius 2 is 1.82 bits per heavy atom. The Morgan fingerprint density at radius 3 is 2.35 bits per heavy atom. The molecule has 0 aliphatic carbocycles. The van der Waals surface area contributed by atoms with Gasteiger partial charge < -0.3 is 5.73 Å². The minimum atomic E-state index is -0.192. The van der Waals surface area contributed by atoms with Gasteiger partial charge in [-0.05, 0) is 18.8 Å². The zero-order valence-corrected chi connectivity index (χ0v) is 12.8. The van der Waals surface area contributed by atoms with Crippen LogP contribution in [0, 0.1) is 5.92 Å². The second-order valence-corrected chi connectivity index (χ2v) is 5.35. The molecule has 1 rings (SSSR count).